The Hall–Kier alpha value is -0.870. The number of aliphatic hydroxyl groups excluding tert-OH is 1. The Morgan fingerprint density at radius 1 is 1.41 bits per heavy atom. The van der Waals surface area contributed by atoms with Crippen LogP contribution in [0.4, 0.5) is 5.82 Å². The van der Waals surface area contributed by atoms with Gasteiger partial charge < -0.3 is 10.0 Å². The van der Waals surface area contributed by atoms with Gasteiger partial charge in [-0.3, -0.25) is 0 Å². The molecule has 2 rings (SSSR count). The van der Waals surface area contributed by atoms with Crippen molar-refractivity contribution in [3.63, 3.8) is 0 Å². The average molecular weight is 256 g/mol. The van der Waals surface area contributed by atoms with Crippen LogP contribution in [0.2, 0.25) is 5.15 Å². The molecule has 1 fully saturated rings. The Morgan fingerprint density at radius 2 is 2.12 bits per heavy atom. The second-order valence-electron chi connectivity index (χ2n) is 4.47. The summed E-state index contributed by atoms with van der Waals surface area (Å²) < 4.78 is 0. The van der Waals surface area contributed by atoms with Crippen molar-refractivity contribution in [2.45, 2.75) is 38.6 Å². The lowest BCUT2D eigenvalue weighted by Gasteiger charge is -2.30. The maximum Gasteiger partial charge on any atom is 0.137 e. The van der Waals surface area contributed by atoms with Crippen molar-refractivity contribution >= 4 is 17.4 Å². The first-order valence-electron chi connectivity index (χ1n) is 6.08. The van der Waals surface area contributed by atoms with Crippen LogP contribution in [-0.4, -0.2) is 34.3 Å². The van der Waals surface area contributed by atoms with Crippen LogP contribution in [-0.2, 0) is 0 Å². The third kappa shape index (κ3) is 2.69. The SMILES string of the molecule is Cc1c(Cl)ncnc1N(CCO)C1CCCC1. The second kappa shape index (κ2) is 5.65. The van der Waals surface area contributed by atoms with Crippen LogP contribution in [0.25, 0.3) is 0 Å². The molecule has 0 radical (unpaired) electrons. The number of anilines is 1. The molecule has 0 atom stereocenters. The molecule has 1 aliphatic carbocycles. The molecule has 1 aromatic rings. The zero-order chi connectivity index (χ0) is 12.3. The number of hydrogen-bond donors (Lipinski definition) is 1. The molecule has 0 aromatic carbocycles. The number of hydrogen-bond acceptors (Lipinski definition) is 4. The van der Waals surface area contributed by atoms with Crippen LogP contribution in [0.15, 0.2) is 6.33 Å². The molecule has 1 aromatic heterocycles. The molecule has 17 heavy (non-hydrogen) atoms. The van der Waals surface area contributed by atoms with Crippen molar-refractivity contribution in [1.29, 1.82) is 0 Å². The Kier molecular flexibility index (Phi) is 4.18. The molecule has 1 heterocycles. The van der Waals surface area contributed by atoms with Crippen molar-refractivity contribution in [3.05, 3.63) is 17.0 Å². The maximum atomic E-state index is 9.20. The topological polar surface area (TPSA) is 49.2 Å². The summed E-state index contributed by atoms with van der Waals surface area (Å²) in [5, 5.41) is 9.70. The highest BCUT2D eigenvalue weighted by Gasteiger charge is 2.25. The van der Waals surface area contributed by atoms with E-state index >= 15 is 0 Å². The summed E-state index contributed by atoms with van der Waals surface area (Å²) >= 11 is 6.02. The molecule has 0 bridgehead atoms. The molecular weight excluding hydrogens is 238 g/mol. The van der Waals surface area contributed by atoms with E-state index in [1.165, 1.54) is 32.0 Å². The van der Waals surface area contributed by atoms with Gasteiger partial charge in [-0.15, -0.1) is 0 Å². The molecular formula is C12H18ClN3O. The molecule has 0 amide bonds. The Labute approximate surface area is 107 Å². The van der Waals surface area contributed by atoms with Gasteiger partial charge in [-0.2, -0.15) is 0 Å². The van der Waals surface area contributed by atoms with E-state index in [4.69, 9.17) is 11.6 Å². The lowest BCUT2D eigenvalue weighted by molar-refractivity contribution is 0.296. The van der Waals surface area contributed by atoms with Crippen LogP contribution in [0.5, 0.6) is 0 Å². The summed E-state index contributed by atoms with van der Waals surface area (Å²) in [6.07, 6.45) is 6.33. The van der Waals surface area contributed by atoms with Crippen molar-refractivity contribution in [1.82, 2.24) is 9.97 Å². The van der Waals surface area contributed by atoms with Gasteiger partial charge in [0.2, 0.25) is 0 Å². The van der Waals surface area contributed by atoms with E-state index in [2.05, 4.69) is 14.9 Å². The number of nitrogens with zero attached hydrogens (tertiary/aromatic N) is 3. The summed E-state index contributed by atoms with van der Waals surface area (Å²) in [6.45, 7) is 2.67. The van der Waals surface area contributed by atoms with Gasteiger partial charge >= 0.3 is 0 Å². The molecule has 0 unspecified atom stereocenters. The van der Waals surface area contributed by atoms with Crippen molar-refractivity contribution in [3.8, 4) is 0 Å². The van der Waals surface area contributed by atoms with Crippen molar-refractivity contribution in [2.24, 2.45) is 0 Å². The number of aromatic nitrogens is 2. The van der Waals surface area contributed by atoms with Crippen molar-refractivity contribution in [2.75, 3.05) is 18.1 Å². The van der Waals surface area contributed by atoms with Crippen LogP contribution in [0.3, 0.4) is 0 Å². The highest BCUT2D eigenvalue weighted by Crippen LogP contribution is 2.30. The lowest BCUT2D eigenvalue weighted by atomic mass is 10.2. The molecule has 1 aliphatic rings. The van der Waals surface area contributed by atoms with E-state index in [9.17, 15) is 5.11 Å². The molecule has 94 valence electrons. The van der Waals surface area contributed by atoms with E-state index in [1.807, 2.05) is 6.92 Å². The fourth-order valence-electron chi connectivity index (χ4n) is 2.49. The fraction of sp³-hybridized carbons (Fsp3) is 0.667. The minimum absolute atomic E-state index is 0.136. The number of rotatable bonds is 4. The maximum absolute atomic E-state index is 9.20. The largest absolute Gasteiger partial charge is 0.395 e. The third-order valence-electron chi connectivity index (χ3n) is 3.37. The molecule has 5 heteroatoms. The van der Waals surface area contributed by atoms with E-state index in [-0.39, 0.29) is 6.61 Å². The predicted molar refractivity (Wildman–Crippen MR) is 68.5 cm³/mol. The van der Waals surface area contributed by atoms with Crippen LogP contribution in [0, 0.1) is 6.92 Å². The van der Waals surface area contributed by atoms with Gasteiger partial charge in [-0.1, -0.05) is 24.4 Å². The third-order valence-corrected chi connectivity index (χ3v) is 3.76. The quantitative estimate of drug-likeness (QED) is 0.838. The minimum Gasteiger partial charge on any atom is -0.395 e. The predicted octanol–water partition coefficient (Wildman–Crippen LogP) is 2.18. The van der Waals surface area contributed by atoms with Crippen molar-refractivity contribution < 1.29 is 5.11 Å². The Balaban J connectivity index is 2.27. The summed E-state index contributed by atoms with van der Waals surface area (Å²) in [4.78, 5) is 10.5. The van der Waals surface area contributed by atoms with Gasteiger partial charge in [0.1, 0.15) is 17.3 Å². The number of aliphatic hydroxyl groups is 1. The number of halogens is 1. The van der Waals surface area contributed by atoms with E-state index < -0.39 is 0 Å². The standard InChI is InChI=1S/C12H18ClN3O/c1-9-11(13)14-8-15-12(9)16(6-7-17)10-4-2-3-5-10/h8,10,17H,2-7H2,1H3. The Morgan fingerprint density at radius 3 is 2.76 bits per heavy atom. The summed E-state index contributed by atoms with van der Waals surface area (Å²) in [5.41, 5.74) is 0.898. The monoisotopic (exact) mass is 255 g/mol. The van der Waals surface area contributed by atoms with Gasteiger partial charge in [0.25, 0.3) is 0 Å². The second-order valence-corrected chi connectivity index (χ2v) is 4.83. The molecule has 0 spiro atoms. The highest BCUT2D eigenvalue weighted by atomic mass is 35.5. The first-order chi connectivity index (χ1) is 8.24. The molecule has 4 nitrogen and oxygen atoms in total. The minimum atomic E-state index is 0.136. The average Bonchev–Trinajstić information content (AvgIpc) is 2.84. The lowest BCUT2D eigenvalue weighted by Crippen LogP contribution is -2.37. The first kappa shape index (κ1) is 12.6. The van der Waals surface area contributed by atoms with E-state index in [0.717, 1.165) is 11.4 Å². The Bertz CT molecular complexity index is 380. The van der Waals surface area contributed by atoms with E-state index in [1.54, 1.807) is 0 Å². The summed E-state index contributed by atoms with van der Waals surface area (Å²) in [7, 11) is 0. The van der Waals surface area contributed by atoms with E-state index in [0.29, 0.717) is 17.7 Å². The van der Waals surface area contributed by atoms with Gasteiger partial charge in [0, 0.05) is 18.2 Å². The fourth-order valence-corrected chi connectivity index (χ4v) is 2.62. The highest BCUT2D eigenvalue weighted by molar-refractivity contribution is 6.30. The molecule has 1 saturated carbocycles. The molecule has 0 aliphatic heterocycles. The van der Waals surface area contributed by atoms with Gasteiger partial charge in [-0.05, 0) is 19.8 Å². The summed E-state index contributed by atoms with van der Waals surface area (Å²) in [6, 6.07) is 0.479. The molecule has 0 saturated heterocycles. The van der Waals surface area contributed by atoms with Crippen LogP contribution < -0.4 is 4.90 Å². The normalized spacial score (nSPS) is 16.4. The van der Waals surface area contributed by atoms with Gasteiger partial charge in [0.15, 0.2) is 0 Å². The zero-order valence-electron chi connectivity index (χ0n) is 10.1. The smallest absolute Gasteiger partial charge is 0.137 e. The zero-order valence-corrected chi connectivity index (χ0v) is 10.8. The van der Waals surface area contributed by atoms with Gasteiger partial charge in [0.05, 0.1) is 6.61 Å². The van der Waals surface area contributed by atoms with Crippen LogP contribution >= 0.6 is 11.6 Å². The molecule has 1 N–H and O–H groups in total. The van der Waals surface area contributed by atoms with Gasteiger partial charge in [-0.25, -0.2) is 9.97 Å². The summed E-state index contributed by atoms with van der Waals surface area (Å²) in [5.74, 6) is 0.867. The first-order valence-corrected chi connectivity index (χ1v) is 6.46. The van der Waals surface area contributed by atoms with Crippen LogP contribution in [0.1, 0.15) is 31.2 Å².